The fraction of sp³-hybridized carbons (Fsp3) is 0.294. The van der Waals surface area contributed by atoms with Crippen LogP contribution in [0.2, 0.25) is 0 Å². The normalized spacial score (nSPS) is 11.1. The van der Waals surface area contributed by atoms with Crippen molar-refractivity contribution in [3.63, 3.8) is 0 Å². The first kappa shape index (κ1) is 20.7. The van der Waals surface area contributed by atoms with Gasteiger partial charge in [0.05, 0.1) is 23.5 Å². The minimum Gasteiger partial charge on any atom is -0.333 e. The van der Waals surface area contributed by atoms with Gasteiger partial charge in [-0.3, -0.25) is 9.59 Å². The summed E-state index contributed by atoms with van der Waals surface area (Å²) in [5.74, 6) is -1.03. The standard InChI is InChI=1S/C17H17F3N4O2S/c1-2-24(15(26)11-27-16-21-8-5-9-22-16)10-14(25)23-13-7-4-3-6-12(13)17(18,19)20/h3-9H,2,10-11H2,1H3,(H,23,25). The van der Waals surface area contributed by atoms with Gasteiger partial charge in [0.15, 0.2) is 5.16 Å². The van der Waals surface area contributed by atoms with Crippen molar-refractivity contribution in [2.24, 2.45) is 0 Å². The highest BCUT2D eigenvalue weighted by Gasteiger charge is 2.33. The zero-order valence-electron chi connectivity index (χ0n) is 14.4. The van der Waals surface area contributed by atoms with E-state index in [0.717, 1.165) is 17.8 Å². The molecule has 2 amide bonds. The second-order valence-corrected chi connectivity index (χ2v) is 6.26. The van der Waals surface area contributed by atoms with E-state index in [1.165, 1.54) is 23.1 Å². The zero-order chi connectivity index (χ0) is 19.9. The molecule has 0 fully saturated rings. The number of benzene rings is 1. The molecule has 2 aromatic rings. The molecule has 0 atom stereocenters. The van der Waals surface area contributed by atoms with Crippen LogP contribution in [0.3, 0.4) is 0 Å². The molecule has 144 valence electrons. The SMILES string of the molecule is CCN(CC(=O)Nc1ccccc1C(F)(F)F)C(=O)CSc1ncccn1. The third-order valence-corrected chi connectivity index (χ3v) is 4.30. The Morgan fingerprint density at radius 3 is 2.44 bits per heavy atom. The van der Waals surface area contributed by atoms with E-state index in [2.05, 4.69) is 15.3 Å². The minimum absolute atomic E-state index is 0.0181. The van der Waals surface area contributed by atoms with Gasteiger partial charge in [0, 0.05) is 18.9 Å². The van der Waals surface area contributed by atoms with E-state index in [1.807, 2.05) is 0 Å². The van der Waals surface area contributed by atoms with E-state index in [4.69, 9.17) is 0 Å². The number of rotatable bonds is 7. The van der Waals surface area contributed by atoms with Crippen LogP contribution in [0.1, 0.15) is 12.5 Å². The zero-order valence-corrected chi connectivity index (χ0v) is 15.2. The first-order valence-corrected chi connectivity index (χ1v) is 8.93. The van der Waals surface area contributed by atoms with E-state index in [-0.39, 0.29) is 30.4 Å². The maximum atomic E-state index is 13.0. The van der Waals surface area contributed by atoms with E-state index in [0.29, 0.717) is 5.16 Å². The number of anilines is 1. The van der Waals surface area contributed by atoms with Crippen molar-refractivity contribution in [3.05, 3.63) is 48.3 Å². The average Bonchev–Trinajstić information content (AvgIpc) is 2.64. The summed E-state index contributed by atoms with van der Waals surface area (Å²) in [7, 11) is 0. The molecule has 0 aliphatic rings. The van der Waals surface area contributed by atoms with E-state index in [1.54, 1.807) is 25.4 Å². The molecule has 0 bridgehead atoms. The number of carbonyl (C=O) groups is 2. The molecule has 0 radical (unpaired) electrons. The molecule has 27 heavy (non-hydrogen) atoms. The average molecular weight is 398 g/mol. The van der Waals surface area contributed by atoms with Crippen molar-refractivity contribution in [2.45, 2.75) is 18.3 Å². The van der Waals surface area contributed by atoms with Crippen LogP contribution in [0.4, 0.5) is 18.9 Å². The van der Waals surface area contributed by atoms with Crippen LogP contribution < -0.4 is 5.32 Å². The van der Waals surface area contributed by atoms with Gasteiger partial charge in [-0.15, -0.1) is 0 Å². The molecule has 1 heterocycles. The van der Waals surface area contributed by atoms with Gasteiger partial charge < -0.3 is 10.2 Å². The van der Waals surface area contributed by atoms with Gasteiger partial charge in [-0.25, -0.2) is 9.97 Å². The minimum atomic E-state index is -4.59. The predicted octanol–water partition coefficient (Wildman–Crippen LogP) is 3.07. The lowest BCUT2D eigenvalue weighted by molar-refractivity contribution is -0.137. The molecule has 1 N–H and O–H groups in total. The number of carbonyl (C=O) groups excluding carboxylic acids is 2. The third-order valence-electron chi connectivity index (χ3n) is 3.44. The van der Waals surface area contributed by atoms with E-state index < -0.39 is 17.6 Å². The van der Waals surface area contributed by atoms with Crippen molar-refractivity contribution in [3.8, 4) is 0 Å². The first-order chi connectivity index (χ1) is 12.8. The van der Waals surface area contributed by atoms with Crippen LogP contribution in [0, 0.1) is 0 Å². The van der Waals surface area contributed by atoms with Crippen LogP contribution in [0.15, 0.2) is 47.9 Å². The number of para-hydroxylation sites is 1. The number of hydrogen-bond acceptors (Lipinski definition) is 5. The van der Waals surface area contributed by atoms with E-state index in [9.17, 15) is 22.8 Å². The topological polar surface area (TPSA) is 75.2 Å². The monoisotopic (exact) mass is 398 g/mol. The Hall–Kier alpha value is -2.62. The summed E-state index contributed by atoms with van der Waals surface area (Å²) in [4.78, 5) is 33.6. The summed E-state index contributed by atoms with van der Waals surface area (Å²) in [6, 6.07) is 6.33. The number of hydrogen-bond donors (Lipinski definition) is 1. The van der Waals surface area contributed by atoms with Gasteiger partial charge in [-0.1, -0.05) is 23.9 Å². The van der Waals surface area contributed by atoms with Gasteiger partial charge in [0.2, 0.25) is 11.8 Å². The smallest absolute Gasteiger partial charge is 0.333 e. The maximum Gasteiger partial charge on any atom is 0.418 e. The molecular formula is C17H17F3N4O2S. The molecule has 2 rings (SSSR count). The highest BCUT2D eigenvalue weighted by Crippen LogP contribution is 2.34. The summed E-state index contributed by atoms with van der Waals surface area (Å²) in [6.07, 6.45) is -1.50. The fourth-order valence-corrected chi connectivity index (χ4v) is 2.86. The van der Waals surface area contributed by atoms with Gasteiger partial charge in [0.1, 0.15) is 0 Å². The Morgan fingerprint density at radius 2 is 1.81 bits per heavy atom. The van der Waals surface area contributed by atoms with Crippen LogP contribution in [-0.2, 0) is 15.8 Å². The lowest BCUT2D eigenvalue weighted by Gasteiger charge is -2.21. The summed E-state index contributed by atoms with van der Waals surface area (Å²) in [5, 5.41) is 2.65. The highest BCUT2D eigenvalue weighted by atomic mass is 32.2. The van der Waals surface area contributed by atoms with Gasteiger partial charge in [-0.2, -0.15) is 13.2 Å². The fourth-order valence-electron chi connectivity index (χ4n) is 2.16. The van der Waals surface area contributed by atoms with Crippen molar-refractivity contribution in [2.75, 3.05) is 24.2 Å². The molecule has 10 heteroatoms. The molecule has 0 aliphatic heterocycles. The third kappa shape index (κ3) is 6.24. The molecule has 6 nitrogen and oxygen atoms in total. The van der Waals surface area contributed by atoms with Crippen LogP contribution in [0.5, 0.6) is 0 Å². The number of alkyl halides is 3. The van der Waals surface area contributed by atoms with Crippen molar-refractivity contribution in [1.82, 2.24) is 14.9 Å². The largest absolute Gasteiger partial charge is 0.418 e. The van der Waals surface area contributed by atoms with Crippen LogP contribution in [0.25, 0.3) is 0 Å². The molecule has 1 aromatic carbocycles. The highest BCUT2D eigenvalue weighted by molar-refractivity contribution is 7.99. The second kappa shape index (κ2) is 9.36. The number of likely N-dealkylation sites (N-methyl/N-ethyl adjacent to an activating group) is 1. The van der Waals surface area contributed by atoms with Gasteiger partial charge in [0.25, 0.3) is 0 Å². The predicted molar refractivity (Wildman–Crippen MR) is 95.1 cm³/mol. The van der Waals surface area contributed by atoms with Crippen molar-refractivity contribution >= 4 is 29.3 Å². The lowest BCUT2D eigenvalue weighted by atomic mass is 10.1. The van der Waals surface area contributed by atoms with E-state index >= 15 is 0 Å². The van der Waals surface area contributed by atoms with Crippen LogP contribution >= 0.6 is 11.8 Å². The summed E-state index contributed by atoms with van der Waals surface area (Å²) >= 11 is 1.12. The molecule has 0 saturated carbocycles. The Morgan fingerprint density at radius 1 is 1.15 bits per heavy atom. The van der Waals surface area contributed by atoms with Crippen molar-refractivity contribution < 1.29 is 22.8 Å². The number of aromatic nitrogens is 2. The molecule has 0 saturated heterocycles. The quantitative estimate of drug-likeness (QED) is 0.573. The summed E-state index contributed by atoms with van der Waals surface area (Å²) < 4.78 is 39.0. The molecule has 0 spiro atoms. The van der Waals surface area contributed by atoms with Crippen LogP contribution in [-0.4, -0.2) is 45.5 Å². The molecule has 0 unspecified atom stereocenters. The molecule has 1 aromatic heterocycles. The number of amides is 2. The number of thioether (sulfide) groups is 1. The maximum absolute atomic E-state index is 13.0. The lowest BCUT2D eigenvalue weighted by Crippen LogP contribution is -2.39. The summed E-state index contributed by atoms with van der Waals surface area (Å²) in [6.45, 7) is 1.57. The van der Waals surface area contributed by atoms with Gasteiger partial charge >= 0.3 is 6.18 Å². The first-order valence-electron chi connectivity index (χ1n) is 7.95. The summed E-state index contributed by atoms with van der Waals surface area (Å²) in [5.41, 5.74) is -1.28. The number of nitrogens with one attached hydrogen (secondary N) is 1. The van der Waals surface area contributed by atoms with Gasteiger partial charge in [-0.05, 0) is 25.1 Å². The van der Waals surface area contributed by atoms with Crippen molar-refractivity contribution in [1.29, 1.82) is 0 Å². The second-order valence-electron chi connectivity index (χ2n) is 5.32. The molecule has 0 aliphatic carbocycles. The number of nitrogens with zero attached hydrogens (tertiary/aromatic N) is 3. The number of halogens is 3. The molecular weight excluding hydrogens is 381 g/mol. The Bertz CT molecular complexity index is 787. The Labute approximate surface area is 158 Å². The Balaban J connectivity index is 1.96. The Kier molecular flexibility index (Phi) is 7.17.